The van der Waals surface area contributed by atoms with E-state index >= 15 is 0 Å². The molecule has 1 aromatic carbocycles. The van der Waals surface area contributed by atoms with Gasteiger partial charge in [0, 0.05) is 11.6 Å². The van der Waals surface area contributed by atoms with E-state index in [0.29, 0.717) is 17.9 Å². The van der Waals surface area contributed by atoms with Crippen molar-refractivity contribution < 1.29 is 9.53 Å². The predicted molar refractivity (Wildman–Crippen MR) is 88.7 cm³/mol. The Morgan fingerprint density at radius 3 is 2.83 bits per heavy atom. The molecule has 0 saturated carbocycles. The third-order valence-electron chi connectivity index (χ3n) is 3.96. The van der Waals surface area contributed by atoms with Crippen LogP contribution in [0.5, 0.6) is 0 Å². The third kappa shape index (κ3) is 2.04. The van der Waals surface area contributed by atoms with E-state index in [9.17, 15) is 4.79 Å². The predicted octanol–water partition coefficient (Wildman–Crippen LogP) is 3.52. The fourth-order valence-electron chi connectivity index (χ4n) is 2.88. The number of ether oxygens (including phenoxy) is 1. The summed E-state index contributed by atoms with van der Waals surface area (Å²) in [6, 6.07) is 11.7. The van der Waals surface area contributed by atoms with Crippen molar-refractivity contribution in [1.82, 2.24) is 14.4 Å². The van der Waals surface area contributed by atoms with E-state index in [1.165, 1.54) is 0 Å². The molecule has 3 heterocycles. The molecule has 0 atom stereocenters. The number of aromatic nitrogens is 3. The lowest BCUT2D eigenvalue weighted by Crippen LogP contribution is -2.08. The average molecular weight is 305 g/mol. The maximum atomic E-state index is 12.1. The van der Waals surface area contributed by atoms with E-state index in [1.54, 1.807) is 6.92 Å². The number of hydrogen-bond acceptors (Lipinski definition) is 4. The van der Waals surface area contributed by atoms with Gasteiger partial charge in [0.2, 0.25) is 0 Å². The quantitative estimate of drug-likeness (QED) is 0.532. The van der Waals surface area contributed by atoms with E-state index in [-0.39, 0.29) is 5.97 Å². The summed E-state index contributed by atoms with van der Waals surface area (Å²) in [4.78, 5) is 21.4. The number of benzene rings is 1. The SMILES string of the molecule is CCOC(=O)c1cc2c(ccn3c4ccccc4nc23)nc1C. The largest absolute Gasteiger partial charge is 0.462 e. The average Bonchev–Trinajstić information content (AvgIpc) is 2.93. The van der Waals surface area contributed by atoms with Crippen LogP contribution in [0.25, 0.3) is 27.6 Å². The van der Waals surface area contributed by atoms with Crippen molar-refractivity contribution in [2.75, 3.05) is 6.61 Å². The summed E-state index contributed by atoms with van der Waals surface area (Å²) in [6.45, 7) is 3.95. The van der Waals surface area contributed by atoms with Gasteiger partial charge < -0.3 is 4.74 Å². The van der Waals surface area contributed by atoms with Gasteiger partial charge in [0.1, 0.15) is 5.65 Å². The maximum Gasteiger partial charge on any atom is 0.339 e. The lowest BCUT2D eigenvalue weighted by atomic mass is 10.1. The van der Waals surface area contributed by atoms with Gasteiger partial charge in [-0.1, -0.05) is 12.1 Å². The van der Waals surface area contributed by atoms with E-state index in [0.717, 1.165) is 27.6 Å². The Morgan fingerprint density at radius 1 is 1.17 bits per heavy atom. The Labute approximate surface area is 132 Å². The summed E-state index contributed by atoms with van der Waals surface area (Å²) >= 11 is 0. The molecule has 0 fully saturated rings. The highest BCUT2D eigenvalue weighted by Gasteiger charge is 2.15. The van der Waals surface area contributed by atoms with Crippen molar-refractivity contribution in [3.05, 3.63) is 53.9 Å². The van der Waals surface area contributed by atoms with Crippen LogP contribution in [-0.4, -0.2) is 26.9 Å². The number of pyridine rings is 2. The van der Waals surface area contributed by atoms with Gasteiger partial charge in [-0.15, -0.1) is 0 Å². The van der Waals surface area contributed by atoms with Crippen molar-refractivity contribution in [1.29, 1.82) is 0 Å². The Kier molecular flexibility index (Phi) is 3.01. The number of rotatable bonds is 2. The van der Waals surface area contributed by atoms with Gasteiger partial charge in [-0.3, -0.25) is 9.38 Å². The first-order valence-corrected chi connectivity index (χ1v) is 7.53. The molecule has 114 valence electrons. The van der Waals surface area contributed by atoms with Gasteiger partial charge in [0.25, 0.3) is 0 Å². The molecule has 0 radical (unpaired) electrons. The van der Waals surface area contributed by atoms with Crippen molar-refractivity contribution in [3.63, 3.8) is 0 Å². The van der Waals surface area contributed by atoms with Crippen molar-refractivity contribution >= 4 is 33.6 Å². The molecule has 4 rings (SSSR count). The Bertz CT molecular complexity index is 1070. The molecule has 0 amide bonds. The first-order valence-electron chi connectivity index (χ1n) is 7.53. The van der Waals surface area contributed by atoms with Crippen LogP contribution in [-0.2, 0) is 4.74 Å². The fourth-order valence-corrected chi connectivity index (χ4v) is 2.88. The van der Waals surface area contributed by atoms with Gasteiger partial charge >= 0.3 is 5.97 Å². The van der Waals surface area contributed by atoms with Crippen LogP contribution in [0.1, 0.15) is 23.0 Å². The first kappa shape index (κ1) is 13.7. The molecule has 0 N–H and O–H groups in total. The van der Waals surface area contributed by atoms with Crippen LogP contribution in [0.15, 0.2) is 42.6 Å². The second-order valence-corrected chi connectivity index (χ2v) is 5.38. The summed E-state index contributed by atoms with van der Waals surface area (Å²) in [5, 5.41) is 0.845. The summed E-state index contributed by atoms with van der Waals surface area (Å²) < 4.78 is 7.14. The second-order valence-electron chi connectivity index (χ2n) is 5.38. The maximum absolute atomic E-state index is 12.1. The first-order chi connectivity index (χ1) is 11.2. The van der Waals surface area contributed by atoms with Gasteiger partial charge in [-0.05, 0) is 38.1 Å². The van der Waals surface area contributed by atoms with Gasteiger partial charge in [-0.2, -0.15) is 0 Å². The number of carbonyl (C=O) groups is 1. The zero-order chi connectivity index (χ0) is 16.0. The van der Waals surface area contributed by atoms with Crippen molar-refractivity contribution in [3.8, 4) is 0 Å². The molecule has 0 aliphatic carbocycles. The second kappa shape index (κ2) is 5.05. The van der Waals surface area contributed by atoms with E-state index in [4.69, 9.17) is 9.72 Å². The van der Waals surface area contributed by atoms with Gasteiger partial charge in [0.15, 0.2) is 0 Å². The lowest BCUT2D eigenvalue weighted by Gasteiger charge is -2.07. The molecule has 4 aromatic rings. The topological polar surface area (TPSA) is 56.5 Å². The van der Waals surface area contributed by atoms with Crippen LogP contribution in [0.3, 0.4) is 0 Å². The number of para-hydroxylation sites is 2. The third-order valence-corrected chi connectivity index (χ3v) is 3.96. The molecule has 3 aromatic heterocycles. The molecule has 0 bridgehead atoms. The smallest absolute Gasteiger partial charge is 0.339 e. The van der Waals surface area contributed by atoms with E-state index < -0.39 is 0 Å². The molecule has 5 nitrogen and oxygen atoms in total. The van der Waals surface area contributed by atoms with Crippen LogP contribution < -0.4 is 0 Å². The monoisotopic (exact) mass is 305 g/mol. The highest BCUT2D eigenvalue weighted by molar-refractivity contribution is 6.01. The van der Waals surface area contributed by atoms with Crippen LogP contribution in [0.4, 0.5) is 0 Å². The minimum atomic E-state index is -0.350. The number of hydrogen-bond donors (Lipinski definition) is 0. The molecule has 5 heteroatoms. The van der Waals surface area contributed by atoms with Crippen molar-refractivity contribution in [2.24, 2.45) is 0 Å². The molecular formula is C18H15N3O2. The molecule has 0 aliphatic heterocycles. The van der Waals surface area contributed by atoms with E-state index in [1.807, 2.05) is 53.9 Å². The zero-order valence-corrected chi connectivity index (χ0v) is 12.9. The number of aryl methyl sites for hydroxylation is 1. The number of carbonyl (C=O) groups excluding carboxylic acids is 1. The van der Waals surface area contributed by atoms with Crippen LogP contribution in [0, 0.1) is 6.92 Å². The minimum absolute atomic E-state index is 0.341. The molecule has 23 heavy (non-hydrogen) atoms. The van der Waals surface area contributed by atoms with Crippen molar-refractivity contribution in [2.45, 2.75) is 13.8 Å². The molecule has 0 unspecified atom stereocenters. The summed E-state index contributed by atoms with van der Waals surface area (Å²) in [7, 11) is 0. The van der Waals surface area contributed by atoms with Crippen LogP contribution in [0.2, 0.25) is 0 Å². The molecular weight excluding hydrogens is 290 g/mol. The van der Waals surface area contributed by atoms with Gasteiger partial charge in [-0.25, -0.2) is 9.78 Å². The summed E-state index contributed by atoms with van der Waals surface area (Å²) in [5.74, 6) is -0.350. The summed E-state index contributed by atoms with van der Waals surface area (Å²) in [6.07, 6.45) is 1.96. The number of fused-ring (bicyclic) bond motifs is 5. The molecule has 0 saturated heterocycles. The van der Waals surface area contributed by atoms with E-state index in [2.05, 4.69) is 4.98 Å². The zero-order valence-electron chi connectivity index (χ0n) is 12.9. The summed E-state index contributed by atoms with van der Waals surface area (Å²) in [5.41, 5.74) is 4.71. The Balaban J connectivity index is 2.07. The number of imidazole rings is 1. The highest BCUT2D eigenvalue weighted by Crippen LogP contribution is 2.25. The Hall–Kier alpha value is -2.95. The highest BCUT2D eigenvalue weighted by atomic mass is 16.5. The minimum Gasteiger partial charge on any atom is -0.462 e. The fraction of sp³-hybridized carbons (Fsp3) is 0.167. The van der Waals surface area contributed by atoms with Gasteiger partial charge in [0.05, 0.1) is 34.4 Å². The number of nitrogens with zero attached hydrogens (tertiary/aromatic N) is 3. The molecule has 0 aliphatic rings. The normalized spacial score (nSPS) is 11.4. The lowest BCUT2D eigenvalue weighted by molar-refractivity contribution is 0.0525. The Morgan fingerprint density at radius 2 is 2.00 bits per heavy atom. The molecule has 0 spiro atoms. The number of esters is 1. The van der Waals surface area contributed by atoms with Crippen LogP contribution >= 0.6 is 0 Å². The standard InChI is InChI=1S/C18H15N3O2/c1-3-23-18(22)12-10-13-14(19-11(12)2)8-9-21-16-7-5-4-6-15(16)20-17(13)21/h4-10H,3H2,1-2H3.